The fraction of sp³-hybridized carbons (Fsp3) is 0.846. The first kappa shape index (κ1) is 13.9. The van der Waals surface area contributed by atoms with E-state index in [-0.39, 0.29) is 35.3 Å². The Labute approximate surface area is 117 Å². The molecule has 2 bridgehead atoms. The van der Waals surface area contributed by atoms with Gasteiger partial charge in [0.25, 0.3) is 0 Å². The van der Waals surface area contributed by atoms with Gasteiger partial charge in [-0.1, -0.05) is 0 Å². The van der Waals surface area contributed by atoms with Crippen molar-refractivity contribution in [1.29, 1.82) is 0 Å². The average molecular weight is 301 g/mol. The molecule has 1 aliphatic heterocycles. The van der Waals surface area contributed by atoms with Crippen molar-refractivity contribution in [3.63, 3.8) is 0 Å². The van der Waals surface area contributed by atoms with Crippen LogP contribution in [0.4, 0.5) is 0 Å². The Morgan fingerprint density at radius 2 is 1.80 bits per heavy atom. The molecular weight excluding hydrogens is 282 g/mol. The molecule has 1 saturated heterocycles. The first-order chi connectivity index (χ1) is 9.37. The SMILES string of the molecule is O=C(NC1C2CCC(C2)C1C(=O)O)C1CCS(=O)(=O)C1. The summed E-state index contributed by atoms with van der Waals surface area (Å²) in [6.07, 6.45) is 3.10. The van der Waals surface area contributed by atoms with Crippen molar-refractivity contribution in [3.8, 4) is 0 Å². The van der Waals surface area contributed by atoms with Crippen LogP contribution < -0.4 is 5.32 Å². The molecule has 2 N–H and O–H groups in total. The second kappa shape index (κ2) is 4.72. The number of carboxylic acids is 1. The van der Waals surface area contributed by atoms with Gasteiger partial charge in [-0.3, -0.25) is 9.59 Å². The number of nitrogens with one attached hydrogen (secondary N) is 1. The largest absolute Gasteiger partial charge is 0.481 e. The summed E-state index contributed by atoms with van der Waals surface area (Å²) in [6.45, 7) is 0. The molecule has 7 heteroatoms. The Morgan fingerprint density at radius 3 is 2.40 bits per heavy atom. The number of carboxylic acid groups (broad SMARTS) is 1. The molecule has 6 nitrogen and oxygen atoms in total. The van der Waals surface area contributed by atoms with Crippen LogP contribution in [0.15, 0.2) is 0 Å². The van der Waals surface area contributed by atoms with Crippen molar-refractivity contribution in [2.45, 2.75) is 31.7 Å². The number of aliphatic carboxylic acids is 1. The van der Waals surface area contributed by atoms with Gasteiger partial charge >= 0.3 is 5.97 Å². The van der Waals surface area contributed by atoms with Crippen LogP contribution in [0.25, 0.3) is 0 Å². The summed E-state index contributed by atoms with van der Waals surface area (Å²) in [4.78, 5) is 23.5. The van der Waals surface area contributed by atoms with Crippen molar-refractivity contribution >= 4 is 21.7 Å². The molecule has 3 rings (SSSR count). The lowest BCUT2D eigenvalue weighted by atomic mass is 9.84. The molecule has 0 aromatic heterocycles. The van der Waals surface area contributed by atoms with E-state index < -0.39 is 27.6 Å². The van der Waals surface area contributed by atoms with Gasteiger partial charge in [-0.25, -0.2) is 8.42 Å². The highest BCUT2D eigenvalue weighted by atomic mass is 32.2. The normalized spacial score (nSPS) is 41.7. The second-order valence-corrected chi connectivity index (χ2v) is 8.56. The van der Waals surface area contributed by atoms with Gasteiger partial charge in [0, 0.05) is 6.04 Å². The van der Waals surface area contributed by atoms with E-state index in [2.05, 4.69) is 5.32 Å². The Kier molecular flexibility index (Phi) is 3.27. The molecular formula is C13H19NO5S. The van der Waals surface area contributed by atoms with E-state index in [9.17, 15) is 23.1 Å². The summed E-state index contributed by atoms with van der Waals surface area (Å²) in [5, 5.41) is 12.2. The standard InChI is InChI=1S/C13H19NO5S/c15-12(9-3-4-20(18,19)6-9)14-11-8-2-1-7(5-8)10(11)13(16)17/h7-11H,1-6H2,(H,14,15)(H,16,17). The van der Waals surface area contributed by atoms with Gasteiger partial charge in [0.05, 0.1) is 23.3 Å². The zero-order valence-corrected chi connectivity index (χ0v) is 11.9. The summed E-state index contributed by atoms with van der Waals surface area (Å²) in [6, 6.07) is -0.318. The molecule has 0 aromatic carbocycles. The first-order valence-corrected chi connectivity index (χ1v) is 8.93. The highest BCUT2D eigenvalue weighted by Gasteiger charge is 2.52. The third-order valence-corrected chi connectivity index (χ3v) is 6.88. The van der Waals surface area contributed by atoms with Crippen LogP contribution in [0.1, 0.15) is 25.7 Å². The van der Waals surface area contributed by atoms with Gasteiger partial charge in [-0.2, -0.15) is 0 Å². The number of carbonyl (C=O) groups excluding carboxylic acids is 1. The van der Waals surface area contributed by atoms with E-state index in [1.807, 2.05) is 0 Å². The monoisotopic (exact) mass is 301 g/mol. The number of hydrogen-bond donors (Lipinski definition) is 2. The lowest BCUT2D eigenvalue weighted by Crippen LogP contribution is -2.48. The van der Waals surface area contributed by atoms with E-state index in [0.717, 1.165) is 19.3 Å². The molecule has 1 heterocycles. The number of hydrogen-bond acceptors (Lipinski definition) is 4. The van der Waals surface area contributed by atoms with Crippen molar-refractivity contribution in [2.24, 2.45) is 23.7 Å². The molecule has 0 spiro atoms. The zero-order valence-electron chi connectivity index (χ0n) is 11.1. The van der Waals surface area contributed by atoms with Gasteiger partial charge in [-0.05, 0) is 37.5 Å². The fourth-order valence-corrected chi connectivity index (χ4v) is 5.88. The maximum atomic E-state index is 12.2. The predicted octanol–water partition coefficient (Wildman–Crippen LogP) is 0.0366. The van der Waals surface area contributed by atoms with Gasteiger partial charge < -0.3 is 10.4 Å². The summed E-state index contributed by atoms with van der Waals surface area (Å²) in [5.74, 6) is -1.78. The smallest absolute Gasteiger partial charge is 0.308 e. The molecule has 0 aromatic rings. The van der Waals surface area contributed by atoms with Crippen LogP contribution in [0.5, 0.6) is 0 Å². The van der Waals surface area contributed by atoms with Gasteiger partial charge in [0.15, 0.2) is 9.84 Å². The van der Waals surface area contributed by atoms with Crippen LogP contribution in [-0.2, 0) is 19.4 Å². The minimum absolute atomic E-state index is 0.0597. The number of rotatable bonds is 3. The molecule has 3 fully saturated rings. The van der Waals surface area contributed by atoms with Crippen LogP contribution in [-0.4, -0.2) is 42.9 Å². The maximum Gasteiger partial charge on any atom is 0.308 e. The quantitative estimate of drug-likeness (QED) is 0.766. The number of sulfone groups is 1. The molecule has 20 heavy (non-hydrogen) atoms. The third kappa shape index (κ3) is 2.32. The van der Waals surface area contributed by atoms with E-state index in [1.165, 1.54) is 0 Å². The number of amides is 1. The van der Waals surface area contributed by atoms with Crippen LogP contribution in [0.2, 0.25) is 0 Å². The second-order valence-electron chi connectivity index (χ2n) is 6.33. The summed E-state index contributed by atoms with van der Waals surface area (Å²) in [5.41, 5.74) is 0. The highest BCUT2D eigenvalue weighted by Crippen LogP contribution is 2.48. The Bertz CT molecular complexity index is 543. The lowest BCUT2D eigenvalue weighted by Gasteiger charge is -2.29. The molecule has 2 aliphatic carbocycles. The lowest BCUT2D eigenvalue weighted by molar-refractivity contribution is -0.144. The Morgan fingerprint density at radius 1 is 1.10 bits per heavy atom. The van der Waals surface area contributed by atoms with Crippen LogP contribution in [0, 0.1) is 23.7 Å². The molecule has 3 aliphatic rings. The van der Waals surface area contributed by atoms with E-state index in [4.69, 9.17) is 0 Å². The maximum absolute atomic E-state index is 12.2. The van der Waals surface area contributed by atoms with Crippen molar-refractivity contribution in [2.75, 3.05) is 11.5 Å². The van der Waals surface area contributed by atoms with E-state index >= 15 is 0 Å². The van der Waals surface area contributed by atoms with Crippen molar-refractivity contribution in [3.05, 3.63) is 0 Å². The third-order valence-electron chi connectivity index (χ3n) is 5.11. The highest BCUT2D eigenvalue weighted by molar-refractivity contribution is 7.91. The summed E-state index contributed by atoms with van der Waals surface area (Å²) >= 11 is 0. The Balaban J connectivity index is 1.68. The molecule has 5 unspecified atom stereocenters. The summed E-state index contributed by atoms with van der Waals surface area (Å²) < 4.78 is 22.8. The number of carbonyl (C=O) groups is 2. The molecule has 112 valence electrons. The Hall–Kier alpha value is -1.11. The zero-order chi connectivity index (χ0) is 14.5. The average Bonchev–Trinajstić information content (AvgIpc) is 3.02. The van der Waals surface area contributed by atoms with Crippen LogP contribution in [0.3, 0.4) is 0 Å². The minimum Gasteiger partial charge on any atom is -0.481 e. The predicted molar refractivity (Wildman–Crippen MR) is 70.6 cm³/mol. The topological polar surface area (TPSA) is 101 Å². The van der Waals surface area contributed by atoms with Gasteiger partial charge in [0.2, 0.25) is 5.91 Å². The fourth-order valence-electron chi connectivity index (χ4n) is 4.14. The molecule has 0 radical (unpaired) electrons. The minimum atomic E-state index is -3.09. The van der Waals surface area contributed by atoms with E-state index in [1.54, 1.807) is 0 Å². The van der Waals surface area contributed by atoms with Crippen LogP contribution >= 0.6 is 0 Å². The number of fused-ring (bicyclic) bond motifs is 2. The molecule has 1 amide bonds. The summed E-state index contributed by atoms with van der Waals surface area (Å²) in [7, 11) is -3.09. The van der Waals surface area contributed by atoms with Crippen molar-refractivity contribution in [1.82, 2.24) is 5.32 Å². The van der Waals surface area contributed by atoms with Gasteiger partial charge in [0.1, 0.15) is 0 Å². The molecule has 2 saturated carbocycles. The molecule has 5 atom stereocenters. The van der Waals surface area contributed by atoms with Gasteiger partial charge in [-0.15, -0.1) is 0 Å². The van der Waals surface area contributed by atoms with Crippen molar-refractivity contribution < 1.29 is 23.1 Å². The van der Waals surface area contributed by atoms with E-state index in [0.29, 0.717) is 6.42 Å². The first-order valence-electron chi connectivity index (χ1n) is 7.11.